The summed E-state index contributed by atoms with van der Waals surface area (Å²) in [6.45, 7) is 5.56. The van der Waals surface area contributed by atoms with Gasteiger partial charge in [0.1, 0.15) is 5.82 Å². The summed E-state index contributed by atoms with van der Waals surface area (Å²) in [5, 5.41) is 2.74. The zero-order valence-corrected chi connectivity index (χ0v) is 9.46. The van der Waals surface area contributed by atoms with Crippen LogP contribution in [0.3, 0.4) is 0 Å². The molecule has 16 heavy (non-hydrogen) atoms. The molecule has 0 saturated heterocycles. The predicted molar refractivity (Wildman–Crippen MR) is 60.9 cm³/mol. The van der Waals surface area contributed by atoms with E-state index in [1.54, 1.807) is 6.07 Å². The number of rotatable bonds is 2. The third-order valence-electron chi connectivity index (χ3n) is 2.56. The topological polar surface area (TPSA) is 32.3 Å². The Labute approximate surface area is 94.3 Å². The van der Waals surface area contributed by atoms with E-state index in [0.717, 1.165) is 12.2 Å². The average Bonchev–Trinajstić information content (AvgIpc) is 2.22. The first kappa shape index (κ1) is 10.9. The highest BCUT2D eigenvalue weighted by Gasteiger charge is 2.23. The molecule has 0 atom stereocenters. The van der Waals surface area contributed by atoms with E-state index >= 15 is 0 Å². The van der Waals surface area contributed by atoms with Crippen molar-refractivity contribution in [3.05, 3.63) is 29.6 Å². The molecule has 0 radical (unpaired) electrons. The highest BCUT2D eigenvalue weighted by atomic mass is 19.1. The predicted octanol–water partition coefficient (Wildman–Crippen LogP) is 1.99. The summed E-state index contributed by atoms with van der Waals surface area (Å²) in [6.07, 6.45) is 0. The molecule has 0 unspecified atom stereocenters. The van der Waals surface area contributed by atoms with Crippen molar-refractivity contribution in [1.29, 1.82) is 0 Å². The quantitative estimate of drug-likeness (QED) is 0.830. The van der Waals surface area contributed by atoms with Crippen molar-refractivity contribution in [1.82, 2.24) is 5.32 Å². The maximum absolute atomic E-state index is 13.1. The minimum absolute atomic E-state index is 0.200. The van der Waals surface area contributed by atoms with Crippen LogP contribution in [-0.2, 0) is 0 Å². The Morgan fingerprint density at radius 2 is 2.25 bits per heavy atom. The lowest BCUT2D eigenvalue weighted by atomic mass is 10.1. The molecule has 1 aliphatic heterocycles. The number of nitrogens with zero attached hydrogens (tertiary/aromatic N) is 1. The molecule has 0 aromatic heterocycles. The van der Waals surface area contributed by atoms with Gasteiger partial charge in [0.15, 0.2) is 0 Å². The molecule has 1 N–H and O–H groups in total. The van der Waals surface area contributed by atoms with E-state index in [2.05, 4.69) is 24.1 Å². The maximum atomic E-state index is 13.1. The van der Waals surface area contributed by atoms with Crippen LogP contribution < -0.4 is 10.2 Å². The minimum atomic E-state index is -0.375. The largest absolute Gasteiger partial charge is 0.353 e. The van der Waals surface area contributed by atoms with Gasteiger partial charge < -0.3 is 10.2 Å². The van der Waals surface area contributed by atoms with Gasteiger partial charge in [-0.2, -0.15) is 0 Å². The standard InChI is InChI=1S/C12H15FN2O/c1-8(2)6-15-7-14-12(16)10-5-9(13)3-4-11(10)15/h3-5,8H,6-7H2,1-2H3,(H,14,16). The number of benzene rings is 1. The van der Waals surface area contributed by atoms with Crippen molar-refractivity contribution >= 4 is 11.6 Å². The molecule has 1 aromatic rings. The second kappa shape index (κ2) is 4.12. The third kappa shape index (κ3) is 2.01. The Morgan fingerprint density at radius 3 is 2.94 bits per heavy atom. The summed E-state index contributed by atoms with van der Waals surface area (Å²) in [5.41, 5.74) is 1.24. The Balaban J connectivity index is 2.36. The number of amides is 1. The fourth-order valence-electron chi connectivity index (χ4n) is 1.92. The first-order chi connectivity index (χ1) is 7.58. The molecule has 1 heterocycles. The van der Waals surface area contributed by atoms with Crippen molar-refractivity contribution in [2.75, 3.05) is 18.1 Å². The van der Waals surface area contributed by atoms with E-state index in [9.17, 15) is 9.18 Å². The number of anilines is 1. The molecule has 1 aromatic carbocycles. The van der Waals surface area contributed by atoms with Crippen LogP contribution in [0.4, 0.5) is 10.1 Å². The molecule has 2 rings (SSSR count). The van der Waals surface area contributed by atoms with Crippen LogP contribution in [0.1, 0.15) is 24.2 Å². The Kier molecular flexibility index (Phi) is 2.81. The molecular formula is C12H15FN2O. The Morgan fingerprint density at radius 1 is 1.50 bits per heavy atom. The van der Waals surface area contributed by atoms with Crippen molar-refractivity contribution < 1.29 is 9.18 Å². The Hall–Kier alpha value is -1.58. The van der Waals surface area contributed by atoms with Crippen molar-refractivity contribution in [2.45, 2.75) is 13.8 Å². The van der Waals surface area contributed by atoms with Gasteiger partial charge in [-0.3, -0.25) is 4.79 Å². The van der Waals surface area contributed by atoms with Crippen LogP contribution in [-0.4, -0.2) is 19.1 Å². The first-order valence-electron chi connectivity index (χ1n) is 5.40. The van der Waals surface area contributed by atoms with Crippen molar-refractivity contribution in [2.24, 2.45) is 5.92 Å². The number of hydrogen-bond acceptors (Lipinski definition) is 2. The second-order valence-electron chi connectivity index (χ2n) is 4.44. The fraction of sp³-hybridized carbons (Fsp3) is 0.417. The highest BCUT2D eigenvalue weighted by molar-refractivity contribution is 6.01. The molecule has 0 aliphatic carbocycles. The molecule has 0 spiro atoms. The van der Waals surface area contributed by atoms with Gasteiger partial charge >= 0.3 is 0 Å². The number of nitrogens with one attached hydrogen (secondary N) is 1. The van der Waals surface area contributed by atoms with Gasteiger partial charge in [0.2, 0.25) is 0 Å². The van der Waals surface area contributed by atoms with E-state index in [0.29, 0.717) is 18.2 Å². The maximum Gasteiger partial charge on any atom is 0.254 e. The van der Waals surface area contributed by atoms with Gasteiger partial charge in [-0.15, -0.1) is 0 Å². The van der Waals surface area contributed by atoms with Crippen LogP contribution in [0.25, 0.3) is 0 Å². The summed E-state index contributed by atoms with van der Waals surface area (Å²) >= 11 is 0. The summed E-state index contributed by atoms with van der Waals surface area (Å²) < 4.78 is 13.1. The minimum Gasteiger partial charge on any atom is -0.353 e. The van der Waals surface area contributed by atoms with Crippen molar-refractivity contribution in [3.63, 3.8) is 0 Å². The van der Waals surface area contributed by atoms with E-state index in [1.165, 1.54) is 12.1 Å². The van der Waals surface area contributed by atoms with Crippen molar-refractivity contribution in [3.8, 4) is 0 Å². The number of fused-ring (bicyclic) bond motifs is 1. The van der Waals surface area contributed by atoms with E-state index in [-0.39, 0.29) is 11.7 Å². The van der Waals surface area contributed by atoms with Gasteiger partial charge in [0.25, 0.3) is 5.91 Å². The van der Waals surface area contributed by atoms with Gasteiger partial charge in [-0.25, -0.2) is 4.39 Å². The lowest BCUT2D eigenvalue weighted by molar-refractivity contribution is 0.0946. The van der Waals surface area contributed by atoms with Crippen LogP contribution in [0.2, 0.25) is 0 Å². The molecule has 1 aliphatic rings. The summed E-state index contributed by atoms with van der Waals surface area (Å²) in [6, 6.07) is 4.35. The molecule has 0 bridgehead atoms. The molecule has 3 nitrogen and oxygen atoms in total. The zero-order valence-electron chi connectivity index (χ0n) is 9.46. The van der Waals surface area contributed by atoms with Gasteiger partial charge in [-0.1, -0.05) is 13.8 Å². The van der Waals surface area contributed by atoms with Gasteiger partial charge in [-0.05, 0) is 24.1 Å². The van der Waals surface area contributed by atoms with E-state index in [4.69, 9.17) is 0 Å². The number of hydrogen-bond donors (Lipinski definition) is 1. The summed E-state index contributed by atoms with van der Waals surface area (Å²) in [4.78, 5) is 13.6. The zero-order chi connectivity index (χ0) is 11.7. The molecule has 1 amide bonds. The lowest BCUT2D eigenvalue weighted by Crippen LogP contribution is -2.44. The second-order valence-corrected chi connectivity index (χ2v) is 4.44. The smallest absolute Gasteiger partial charge is 0.254 e. The monoisotopic (exact) mass is 222 g/mol. The molecule has 86 valence electrons. The Bertz CT molecular complexity index is 417. The van der Waals surface area contributed by atoms with Crippen LogP contribution in [0.5, 0.6) is 0 Å². The van der Waals surface area contributed by atoms with Gasteiger partial charge in [0, 0.05) is 6.54 Å². The van der Waals surface area contributed by atoms with Crippen LogP contribution in [0, 0.1) is 11.7 Å². The molecule has 0 saturated carbocycles. The summed E-state index contributed by atoms with van der Waals surface area (Å²) in [7, 11) is 0. The molecule has 0 fully saturated rings. The fourth-order valence-corrected chi connectivity index (χ4v) is 1.92. The van der Waals surface area contributed by atoms with Crippen LogP contribution >= 0.6 is 0 Å². The summed E-state index contributed by atoms with van der Waals surface area (Å²) in [5.74, 6) is -0.0808. The lowest BCUT2D eigenvalue weighted by Gasteiger charge is -2.32. The number of carbonyl (C=O) groups excluding carboxylic acids is 1. The van der Waals surface area contributed by atoms with Gasteiger partial charge in [0.05, 0.1) is 17.9 Å². The number of carbonyl (C=O) groups is 1. The average molecular weight is 222 g/mol. The molecular weight excluding hydrogens is 207 g/mol. The number of halogens is 1. The first-order valence-corrected chi connectivity index (χ1v) is 5.40. The van der Waals surface area contributed by atoms with E-state index < -0.39 is 0 Å². The van der Waals surface area contributed by atoms with E-state index in [1.807, 2.05) is 0 Å². The highest BCUT2D eigenvalue weighted by Crippen LogP contribution is 2.24. The SMILES string of the molecule is CC(C)CN1CNC(=O)c2cc(F)ccc21. The molecule has 4 heteroatoms. The normalized spacial score (nSPS) is 15.0. The van der Waals surface area contributed by atoms with Crippen LogP contribution in [0.15, 0.2) is 18.2 Å². The third-order valence-corrected chi connectivity index (χ3v) is 2.56.